The highest BCUT2D eigenvalue weighted by molar-refractivity contribution is 6.35. The third-order valence-electron chi connectivity index (χ3n) is 3.04. The molecular formula is C16H11Cl2NO3. The van der Waals surface area contributed by atoms with E-state index in [4.69, 9.17) is 32.4 Å². The van der Waals surface area contributed by atoms with Gasteiger partial charge in [-0.15, -0.1) is 0 Å². The number of para-hydroxylation sites is 2. The van der Waals surface area contributed by atoms with Crippen LogP contribution in [-0.4, -0.2) is 11.0 Å². The maximum Gasteiger partial charge on any atom is 0.310 e. The highest BCUT2D eigenvalue weighted by atomic mass is 35.5. The smallest absolute Gasteiger partial charge is 0.310 e. The Kier molecular flexibility index (Phi) is 4.32. The maximum absolute atomic E-state index is 11.9. The first-order valence-corrected chi connectivity index (χ1v) is 7.31. The van der Waals surface area contributed by atoms with Crippen molar-refractivity contribution in [2.45, 2.75) is 13.0 Å². The second kappa shape index (κ2) is 6.38. The van der Waals surface area contributed by atoms with Crippen molar-refractivity contribution in [2.75, 3.05) is 0 Å². The Hall–Kier alpha value is -2.04. The molecule has 0 N–H and O–H groups in total. The molecule has 3 rings (SSSR count). The topological polar surface area (TPSA) is 52.3 Å². The summed E-state index contributed by atoms with van der Waals surface area (Å²) in [7, 11) is 0. The van der Waals surface area contributed by atoms with E-state index in [2.05, 4.69) is 4.98 Å². The second-order valence-corrected chi connectivity index (χ2v) is 5.49. The summed E-state index contributed by atoms with van der Waals surface area (Å²) in [4.78, 5) is 16.1. The molecule has 0 aliphatic carbocycles. The molecule has 0 saturated carbocycles. The van der Waals surface area contributed by atoms with Gasteiger partial charge in [0.15, 0.2) is 12.2 Å². The number of esters is 1. The Labute approximate surface area is 136 Å². The molecule has 0 radical (unpaired) electrons. The van der Waals surface area contributed by atoms with Crippen LogP contribution < -0.4 is 0 Å². The lowest BCUT2D eigenvalue weighted by Gasteiger charge is -2.05. The lowest BCUT2D eigenvalue weighted by atomic mass is 10.1. The van der Waals surface area contributed by atoms with Crippen LogP contribution in [0.4, 0.5) is 0 Å². The van der Waals surface area contributed by atoms with Crippen LogP contribution in [0.15, 0.2) is 46.9 Å². The van der Waals surface area contributed by atoms with Crippen LogP contribution in [0.5, 0.6) is 0 Å². The van der Waals surface area contributed by atoms with E-state index >= 15 is 0 Å². The molecule has 0 saturated heterocycles. The number of carbonyl (C=O) groups excluding carboxylic acids is 1. The number of carbonyl (C=O) groups is 1. The zero-order valence-corrected chi connectivity index (χ0v) is 12.9. The fraction of sp³-hybridized carbons (Fsp3) is 0.125. The van der Waals surface area contributed by atoms with E-state index in [1.807, 2.05) is 18.2 Å². The lowest BCUT2D eigenvalue weighted by Crippen LogP contribution is -2.08. The van der Waals surface area contributed by atoms with Crippen molar-refractivity contribution in [3.05, 3.63) is 64.0 Å². The fourth-order valence-electron chi connectivity index (χ4n) is 2.00. The van der Waals surface area contributed by atoms with E-state index in [9.17, 15) is 4.79 Å². The summed E-state index contributed by atoms with van der Waals surface area (Å²) >= 11 is 11.8. The lowest BCUT2D eigenvalue weighted by molar-refractivity contribution is -0.144. The van der Waals surface area contributed by atoms with Gasteiger partial charge in [0.1, 0.15) is 5.52 Å². The predicted octanol–water partition coefficient (Wildman–Crippen LogP) is 4.42. The number of fused-ring (bicyclic) bond motifs is 1. The molecule has 4 nitrogen and oxygen atoms in total. The summed E-state index contributed by atoms with van der Waals surface area (Å²) in [6.45, 7) is -0.0152. The molecule has 0 spiro atoms. The Bertz CT molecular complexity index is 796. The van der Waals surface area contributed by atoms with Gasteiger partial charge in [-0.2, -0.15) is 0 Å². The van der Waals surface area contributed by atoms with Gasteiger partial charge in [0.2, 0.25) is 5.89 Å². The van der Waals surface area contributed by atoms with E-state index in [1.54, 1.807) is 24.3 Å². The van der Waals surface area contributed by atoms with Gasteiger partial charge in [-0.05, 0) is 29.8 Å². The molecule has 0 aliphatic rings. The molecule has 0 bridgehead atoms. The Morgan fingerprint density at radius 1 is 1.18 bits per heavy atom. The van der Waals surface area contributed by atoms with E-state index in [1.165, 1.54) is 0 Å². The summed E-state index contributed by atoms with van der Waals surface area (Å²) in [5, 5.41) is 0.958. The molecule has 1 heterocycles. The normalized spacial score (nSPS) is 10.8. The summed E-state index contributed by atoms with van der Waals surface area (Å²) in [6.07, 6.45) is 0.0657. The average Bonchev–Trinajstić information content (AvgIpc) is 2.91. The van der Waals surface area contributed by atoms with Crippen molar-refractivity contribution in [1.82, 2.24) is 4.98 Å². The number of halogens is 2. The minimum atomic E-state index is -0.411. The highest BCUT2D eigenvalue weighted by Crippen LogP contribution is 2.22. The molecule has 112 valence electrons. The largest absolute Gasteiger partial charge is 0.455 e. The molecule has 0 unspecified atom stereocenters. The van der Waals surface area contributed by atoms with Crippen molar-refractivity contribution >= 4 is 40.3 Å². The molecular weight excluding hydrogens is 325 g/mol. The Morgan fingerprint density at radius 2 is 2.00 bits per heavy atom. The van der Waals surface area contributed by atoms with Crippen molar-refractivity contribution < 1.29 is 13.9 Å². The minimum Gasteiger partial charge on any atom is -0.455 e. The zero-order chi connectivity index (χ0) is 15.5. The van der Waals surface area contributed by atoms with Crippen molar-refractivity contribution in [3.8, 4) is 0 Å². The van der Waals surface area contributed by atoms with Crippen molar-refractivity contribution in [1.29, 1.82) is 0 Å². The summed E-state index contributed by atoms with van der Waals surface area (Å²) in [5.41, 5.74) is 2.05. The van der Waals surface area contributed by atoms with Crippen LogP contribution in [-0.2, 0) is 22.6 Å². The van der Waals surface area contributed by atoms with Gasteiger partial charge in [-0.25, -0.2) is 4.98 Å². The second-order valence-electron chi connectivity index (χ2n) is 4.65. The number of hydrogen-bond acceptors (Lipinski definition) is 4. The van der Waals surface area contributed by atoms with Gasteiger partial charge in [0.05, 0.1) is 6.42 Å². The van der Waals surface area contributed by atoms with E-state index in [-0.39, 0.29) is 13.0 Å². The molecule has 3 aromatic rings. The molecule has 0 fully saturated rings. The van der Waals surface area contributed by atoms with E-state index < -0.39 is 5.97 Å². The quantitative estimate of drug-likeness (QED) is 0.662. The zero-order valence-electron chi connectivity index (χ0n) is 11.4. The first-order chi connectivity index (χ1) is 10.6. The van der Waals surface area contributed by atoms with Crippen LogP contribution in [0.1, 0.15) is 11.5 Å². The van der Waals surface area contributed by atoms with E-state index in [0.717, 1.165) is 5.52 Å². The number of ether oxygens (including phenoxy) is 1. The molecule has 0 aliphatic heterocycles. The number of hydrogen-bond donors (Lipinski definition) is 0. The molecule has 6 heteroatoms. The molecule has 22 heavy (non-hydrogen) atoms. The summed E-state index contributed by atoms with van der Waals surface area (Å²) in [5.74, 6) is -0.0526. The third kappa shape index (κ3) is 3.40. The van der Waals surface area contributed by atoms with Gasteiger partial charge in [-0.3, -0.25) is 4.79 Å². The number of aromatic nitrogens is 1. The predicted molar refractivity (Wildman–Crippen MR) is 84.0 cm³/mol. The van der Waals surface area contributed by atoms with E-state index in [0.29, 0.717) is 27.1 Å². The SMILES string of the molecule is O=C(Cc1ccc(Cl)cc1Cl)OCc1nc2ccccc2o1. The average molecular weight is 336 g/mol. The third-order valence-corrected chi connectivity index (χ3v) is 3.63. The summed E-state index contributed by atoms with van der Waals surface area (Å²) in [6, 6.07) is 12.3. The molecule has 0 amide bonds. The monoisotopic (exact) mass is 335 g/mol. The van der Waals surface area contributed by atoms with Gasteiger partial charge >= 0.3 is 5.97 Å². The van der Waals surface area contributed by atoms with Crippen LogP contribution in [0, 0.1) is 0 Å². The standard InChI is InChI=1S/C16H11Cl2NO3/c17-11-6-5-10(12(18)8-11)7-16(20)21-9-15-19-13-3-1-2-4-14(13)22-15/h1-6,8H,7,9H2. The first kappa shape index (κ1) is 14.9. The summed E-state index contributed by atoms with van der Waals surface area (Å²) < 4.78 is 10.6. The number of nitrogens with zero attached hydrogens (tertiary/aromatic N) is 1. The van der Waals surface area contributed by atoms with Crippen LogP contribution in [0.25, 0.3) is 11.1 Å². The van der Waals surface area contributed by atoms with Gasteiger partial charge < -0.3 is 9.15 Å². The minimum absolute atomic E-state index is 0.0152. The highest BCUT2D eigenvalue weighted by Gasteiger charge is 2.11. The number of oxazole rings is 1. The van der Waals surface area contributed by atoms with Crippen LogP contribution in [0.2, 0.25) is 10.0 Å². The van der Waals surface area contributed by atoms with Gasteiger partial charge in [-0.1, -0.05) is 41.4 Å². The van der Waals surface area contributed by atoms with Gasteiger partial charge in [0.25, 0.3) is 0 Å². The van der Waals surface area contributed by atoms with Gasteiger partial charge in [0, 0.05) is 10.0 Å². The Morgan fingerprint density at radius 3 is 2.77 bits per heavy atom. The van der Waals surface area contributed by atoms with Crippen molar-refractivity contribution in [2.24, 2.45) is 0 Å². The van der Waals surface area contributed by atoms with Crippen molar-refractivity contribution in [3.63, 3.8) is 0 Å². The first-order valence-electron chi connectivity index (χ1n) is 6.56. The fourth-order valence-corrected chi connectivity index (χ4v) is 2.47. The van der Waals surface area contributed by atoms with Crippen LogP contribution >= 0.6 is 23.2 Å². The number of rotatable bonds is 4. The molecule has 0 atom stereocenters. The van der Waals surface area contributed by atoms with Crippen LogP contribution in [0.3, 0.4) is 0 Å². The molecule has 1 aromatic heterocycles. The number of benzene rings is 2. The Balaban J connectivity index is 1.62. The molecule has 2 aromatic carbocycles. The maximum atomic E-state index is 11.9.